The molecule has 0 bridgehead atoms. The summed E-state index contributed by atoms with van der Waals surface area (Å²) in [6.07, 6.45) is -0.0567. The van der Waals surface area contributed by atoms with E-state index >= 15 is 8.78 Å². The third-order valence-corrected chi connectivity index (χ3v) is 8.92. The van der Waals surface area contributed by atoms with Crippen LogP contribution in [0.5, 0.6) is 11.5 Å². The van der Waals surface area contributed by atoms with Gasteiger partial charge in [0.2, 0.25) is 5.13 Å². The molecule has 1 unspecified atom stereocenters. The van der Waals surface area contributed by atoms with Crippen molar-refractivity contribution < 1.29 is 36.6 Å². The van der Waals surface area contributed by atoms with E-state index in [4.69, 9.17) is 14.6 Å². The molecular weight excluding hydrogens is 594 g/mol. The number of carboxylic acid groups (broad SMARTS) is 1. The molecule has 0 fully saturated rings. The molecule has 230 valence electrons. The summed E-state index contributed by atoms with van der Waals surface area (Å²) in [5.41, 5.74) is 0.143. The number of rotatable bonds is 15. The van der Waals surface area contributed by atoms with Crippen LogP contribution in [-0.4, -0.2) is 68.4 Å². The maximum atomic E-state index is 15.4. The van der Waals surface area contributed by atoms with E-state index in [1.165, 1.54) is 14.2 Å². The topological polar surface area (TPSA) is 155 Å². The molecule has 0 saturated heterocycles. The van der Waals surface area contributed by atoms with E-state index in [1.807, 2.05) is 13.8 Å². The van der Waals surface area contributed by atoms with Gasteiger partial charge >= 0.3 is 6.09 Å². The molecule has 1 heterocycles. The number of methoxy groups -OCH3 is 2. The van der Waals surface area contributed by atoms with Crippen LogP contribution in [0.4, 0.5) is 24.4 Å². The molecule has 4 N–H and O–H groups in total. The van der Waals surface area contributed by atoms with Crippen molar-refractivity contribution in [1.29, 1.82) is 0 Å². The number of halogens is 2. The van der Waals surface area contributed by atoms with Crippen molar-refractivity contribution >= 4 is 38.5 Å². The zero-order valence-electron chi connectivity index (χ0n) is 23.7. The molecule has 0 aliphatic heterocycles. The lowest BCUT2D eigenvalue weighted by atomic mass is 10.0. The largest absolute Gasteiger partial charge is 0.497 e. The van der Waals surface area contributed by atoms with Crippen molar-refractivity contribution in [2.45, 2.75) is 44.3 Å². The van der Waals surface area contributed by atoms with E-state index < -0.39 is 38.7 Å². The summed E-state index contributed by atoms with van der Waals surface area (Å²) in [6, 6.07) is 5.72. The van der Waals surface area contributed by atoms with Gasteiger partial charge in [0.15, 0.2) is 0 Å². The molecule has 0 spiro atoms. The highest BCUT2D eigenvalue weighted by Gasteiger charge is 2.32. The molecule has 0 radical (unpaired) electrons. The Morgan fingerprint density at radius 1 is 1.10 bits per heavy atom. The summed E-state index contributed by atoms with van der Waals surface area (Å²) < 4.78 is 73.5. The summed E-state index contributed by atoms with van der Waals surface area (Å²) >= 11 is 0.769. The van der Waals surface area contributed by atoms with E-state index in [9.17, 15) is 13.2 Å². The average Bonchev–Trinajstić information content (AvgIpc) is 3.46. The lowest BCUT2D eigenvalue weighted by molar-refractivity contribution is 0.186. The number of hydrogen-bond acceptors (Lipinski definition) is 10. The van der Waals surface area contributed by atoms with Gasteiger partial charge in [-0.05, 0) is 25.1 Å². The highest BCUT2D eigenvalue weighted by atomic mass is 32.2. The van der Waals surface area contributed by atoms with Crippen molar-refractivity contribution in [2.75, 3.05) is 36.9 Å². The Kier molecular flexibility index (Phi) is 11.2. The quantitative estimate of drug-likeness (QED) is 0.195. The second kappa shape index (κ2) is 14.4. The van der Waals surface area contributed by atoms with Crippen LogP contribution in [0.25, 0.3) is 0 Å². The number of aromatic nitrogens is 2. The predicted octanol–water partition coefficient (Wildman–Crippen LogP) is 3.91. The number of benzene rings is 2. The first-order valence-electron chi connectivity index (χ1n) is 12.8. The lowest BCUT2D eigenvalue weighted by Gasteiger charge is -2.26. The number of anilines is 2. The number of nitrogens with one attached hydrogen (secondary N) is 3. The van der Waals surface area contributed by atoms with Crippen LogP contribution in [0, 0.1) is 17.6 Å². The number of carbonyl (C=O) groups is 1. The zero-order valence-corrected chi connectivity index (χ0v) is 25.4. The minimum absolute atomic E-state index is 0.0599. The summed E-state index contributed by atoms with van der Waals surface area (Å²) in [4.78, 5) is 14.2. The zero-order chi connectivity index (χ0) is 31.0. The molecular formula is C26H34F2N6O6S2. The SMILES string of the molecule is COc1ccc(CN(c2ncns2)S(=O)(=O)c2cc(F)c(NCC(CNC(C)C)[C@@H](C)NC(=O)O)cc2F)c(OC)c1. The van der Waals surface area contributed by atoms with Gasteiger partial charge in [0.25, 0.3) is 10.0 Å². The monoisotopic (exact) mass is 628 g/mol. The molecule has 1 amide bonds. The Morgan fingerprint density at radius 2 is 1.83 bits per heavy atom. The van der Waals surface area contributed by atoms with Gasteiger partial charge < -0.3 is 30.5 Å². The van der Waals surface area contributed by atoms with E-state index in [2.05, 4.69) is 25.3 Å². The van der Waals surface area contributed by atoms with Crippen LogP contribution in [-0.2, 0) is 16.6 Å². The smallest absolute Gasteiger partial charge is 0.404 e. The molecule has 3 aromatic rings. The minimum Gasteiger partial charge on any atom is -0.497 e. The van der Waals surface area contributed by atoms with Crippen LogP contribution in [0.15, 0.2) is 41.6 Å². The first-order valence-corrected chi connectivity index (χ1v) is 15.0. The maximum absolute atomic E-state index is 15.4. The average molecular weight is 629 g/mol. The number of ether oxygens (including phenoxy) is 2. The standard InChI is InChI=1S/C26H34F2N6O6S2/c1-15(2)29-11-18(16(3)33-26(35)36)12-30-22-9-21(28)24(10-20(22)27)42(37,38)34(25-31-14-32-41-25)13-17-6-7-19(39-4)8-23(17)40-5/h6-10,14-16,18,29-30,33H,11-13H2,1-5H3,(H,35,36)/t16-,18?/m1/s1. The Morgan fingerprint density at radius 3 is 2.43 bits per heavy atom. The molecule has 2 atom stereocenters. The second-order valence-corrected chi connectivity index (χ2v) is 12.2. The first kappa shape index (κ1) is 32.8. The van der Waals surface area contributed by atoms with Crippen LogP contribution in [0.3, 0.4) is 0 Å². The summed E-state index contributed by atoms with van der Waals surface area (Å²) in [7, 11) is -1.80. The predicted molar refractivity (Wildman–Crippen MR) is 155 cm³/mol. The van der Waals surface area contributed by atoms with Gasteiger partial charge in [0.1, 0.15) is 34.4 Å². The van der Waals surface area contributed by atoms with Crippen molar-refractivity contribution in [3.05, 3.63) is 53.9 Å². The molecule has 0 saturated carbocycles. The fourth-order valence-corrected chi connectivity index (χ4v) is 6.21. The molecule has 1 aromatic heterocycles. The Hall–Kier alpha value is -3.76. The Labute approximate surface area is 247 Å². The highest BCUT2D eigenvalue weighted by Crippen LogP contribution is 2.33. The maximum Gasteiger partial charge on any atom is 0.404 e. The molecule has 0 aliphatic rings. The van der Waals surface area contributed by atoms with Gasteiger partial charge in [0, 0.05) is 60.3 Å². The third-order valence-electron chi connectivity index (χ3n) is 6.36. The van der Waals surface area contributed by atoms with Gasteiger partial charge in [-0.1, -0.05) is 13.8 Å². The molecule has 12 nitrogen and oxygen atoms in total. The summed E-state index contributed by atoms with van der Waals surface area (Å²) in [5.74, 6) is -1.75. The summed E-state index contributed by atoms with van der Waals surface area (Å²) in [5, 5.41) is 17.4. The number of amides is 1. The van der Waals surface area contributed by atoms with E-state index in [1.54, 1.807) is 25.1 Å². The van der Waals surface area contributed by atoms with Crippen LogP contribution in [0.1, 0.15) is 26.3 Å². The van der Waals surface area contributed by atoms with E-state index in [0.29, 0.717) is 29.7 Å². The van der Waals surface area contributed by atoms with Gasteiger partial charge in [-0.3, -0.25) is 0 Å². The number of nitrogens with zero attached hydrogens (tertiary/aromatic N) is 3. The molecule has 2 aromatic carbocycles. The fraction of sp³-hybridized carbons (Fsp3) is 0.423. The second-order valence-electron chi connectivity index (χ2n) is 9.62. The number of sulfonamides is 1. The Bertz CT molecular complexity index is 1460. The lowest BCUT2D eigenvalue weighted by Crippen LogP contribution is -2.45. The number of hydrogen-bond donors (Lipinski definition) is 4. The summed E-state index contributed by atoms with van der Waals surface area (Å²) in [6.45, 7) is 5.64. The first-order chi connectivity index (χ1) is 19.9. The van der Waals surface area contributed by atoms with Crippen molar-refractivity contribution in [2.24, 2.45) is 5.92 Å². The van der Waals surface area contributed by atoms with Crippen LogP contribution < -0.4 is 29.7 Å². The molecule has 42 heavy (non-hydrogen) atoms. The normalized spacial score (nSPS) is 13.0. The third kappa shape index (κ3) is 8.17. The van der Waals surface area contributed by atoms with Crippen LogP contribution >= 0.6 is 11.5 Å². The van der Waals surface area contributed by atoms with Gasteiger partial charge in [-0.15, -0.1) is 0 Å². The molecule has 3 rings (SSSR count). The van der Waals surface area contributed by atoms with Gasteiger partial charge in [-0.2, -0.15) is 4.37 Å². The van der Waals surface area contributed by atoms with Crippen molar-refractivity contribution in [1.82, 2.24) is 20.0 Å². The van der Waals surface area contributed by atoms with Gasteiger partial charge in [-0.25, -0.2) is 31.3 Å². The van der Waals surface area contributed by atoms with E-state index in [-0.39, 0.29) is 35.9 Å². The van der Waals surface area contributed by atoms with Crippen LogP contribution in [0.2, 0.25) is 0 Å². The molecule has 16 heteroatoms. The minimum atomic E-state index is -4.68. The molecule has 0 aliphatic carbocycles. The van der Waals surface area contributed by atoms with Gasteiger partial charge in [0.05, 0.1) is 26.5 Å². The fourth-order valence-electron chi connectivity index (χ4n) is 4.02. The van der Waals surface area contributed by atoms with E-state index in [0.717, 1.165) is 28.2 Å². The van der Waals surface area contributed by atoms with Crippen molar-refractivity contribution in [3.8, 4) is 11.5 Å². The Balaban J connectivity index is 1.92. The van der Waals surface area contributed by atoms with Crippen molar-refractivity contribution in [3.63, 3.8) is 0 Å². The highest BCUT2D eigenvalue weighted by molar-refractivity contribution is 7.93.